The number of rotatable bonds is 13. The van der Waals surface area contributed by atoms with Gasteiger partial charge in [0.25, 0.3) is 0 Å². The molecule has 0 amide bonds. The minimum atomic E-state index is -0.953. The van der Waals surface area contributed by atoms with Crippen molar-refractivity contribution in [3.8, 4) is 0 Å². The molecule has 0 aromatic rings. The molecule has 0 spiro atoms. The summed E-state index contributed by atoms with van der Waals surface area (Å²) in [6.45, 7) is 3.24. The maximum atomic E-state index is 11.1. The van der Waals surface area contributed by atoms with Crippen molar-refractivity contribution in [1.82, 2.24) is 0 Å². The highest BCUT2D eigenvalue weighted by molar-refractivity contribution is 4.98. The topological polar surface area (TPSA) is 96.5 Å². The molecule has 2 N–H and O–H groups in total. The molecule has 0 bridgehead atoms. The summed E-state index contributed by atoms with van der Waals surface area (Å²) in [5, 5.41) is 19.8. The molecule has 0 saturated carbocycles. The van der Waals surface area contributed by atoms with Gasteiger partial charge in [-0.15, -0.1) is 0 Å². The van der Waals surface area contributed by atoms with Crippen LogP contribution in [-0.4, -0.2) is 86.5 Å². The van der Waals surface area contributed by atoms with Gasteiger partial charge in [0.15, 0.2) is 0 Å². The Morgan fingerprint density at radius 3 is 2.05 bits per heavy atom. The molecule has 0 radical (unpaired) electrons. The number of aliphatic hydroxyl groups excluding tert-OH is 1. The summed E-state index contributed by atoms with van der Waals surface area (Å²) in [5.41, 5.74) is -0.953. The Hall–Kier alpha value is -0.280. The zero-order chi connectivity index (χ0) is 15.4. The van der Waals surface area contributed by atoms with Crippen LogP contribution in [0.2, 0.25) is 0 Å². The minimum absolute atomic E-state index is 0.00131. The van der Waals surface area contributed by atoms with E-state index in [0.717, 1.165) is 6.61 Å². The van der Waals surface area contributed by atoms with E-state index >= 15 is 0 Å². The van der Waals surface area contributed by atoms with Crippen molar-refractivity contribution >= 4 is 0 Å². The van der Waals surface area contributed by atoms with Crippen LogP contribution in [0.3, 0.4) is 0 Å². The smallest absolute Gasteiger partial charge is 0.0960 e. The summed E-state index contributed by atoms with van der Waals surface area (Å²) >= 11 is 0. The molecule has 0 aromatic heterocycles. The van der Waals surface area contributed by atoms with Crippen molar-refractivity contribution in [2.24, 2.45) is 0 Å². The largest absolute Gasteiger partial charge is 0.394 e. The lowest BCUT2D eigenvalue weighted by Crippen LogP contribution is -2.47. The van der Waals surface area contributed by atoms with E-state index in [-0.39, 0.29) is 31.0 Å². The van der Waals surface area contributed by atoms with E-state index in [4.69, 9.17) is 28.8 Å². The third-order valence-corrected chi connectivity index (χ3v) is 4.23. The van der Waals surface area contributed by atoms with Gasteiger partial charge in [0.2, 0.25) is 0 Å². The van der Waals surface area contributed by atoms with E-state index in [1.165, 1.54) is 0 Å². The number of hydrogen-bond donors (Lipinski definition) is 2. The number of epoxide rings is 3. The quantitative estimate of drug-likeness (QED) is 0.348. The Morgan fingerprint density at radius 2 is 1.55 bits per heavy atom. The van der Waals surface area contributed by atoms with E-state index in [2.05, 4.69) is 0 Å². The van der Waals surface area contributed by atoms with Gasteiger partial charge in [0.05, 0.1) is 76.3 Å². The van der Waals surface area contributed by atoms with Crippen molar-refractivity contribution < 1.29 is 33.9 Å². The van der Waals surface area contributed by atoms with Crippen LogP contribution in [0.5, 0.6) is 0 Å². The zero-order valence-electron chi connectivity index (χ0n) is 12.8. The fourth-order valence-electron chi connectivity index (χ4n) is 2.81. The summed E-state index contributed by atoms with van der Waals surface area (Å²) in [5.74, 6) is 0. The molecule has 3 heterocycles. The Labute approximate surface area is 130 Å². The molecular weight excluding hydrogens is 292 g/mol. The Morgan fingerprint density at radius 1 is 0.955 bits per heavy atom. The summed E-state index contributed by atoms with van der Waals surface area (Å²) in [4.78, 5) is 0. The highest BCUT2D eigenvalue weighted by atomic mass is 16.6. The summed E-state index contributed by atoms with van der Waals surface area (Å²) in [6.07, 6.45) is 1.93. The van der Waals surface area contributed by atoms with Gasteiger partial charge >= 0.3 is 0 Å². The first-order valence-electron chi connectivity index (χ1n) is 8.07. The normalized spacial score (nSPS) is 33.3. The first kappa shape index (κ1) is 16.6. The minimum Gasteiger partial charge on any atom is -0.394 e. The van der Waals surface area contributed by atoms with Crippen molar-refractivity contribution in [2.45, 2.75) is 49.3 Å². The van der Waals surface area contributed by atoms with Crippen LogP contribution >= 0.6 is 0 Å². The lowest BCUT2D eigenvalue weighted by molar-refractivity contribution is -0.135. The third-order valence-electron chi connectivity index (χ3n) is 4.23. The summed E-state index contributed by atoms with van der Waals surface area (Å²) in [6, 6.07) is 0. The fourth-order valence-corrected chi connectivity index (χ4v) is 2.81. The highest BCUT2D eigenvalue weighted by Gasteiger charge is 2.48. The van der Waals surface area contributed by atoms with E-state index in [1.54, 1.807) is 0 Å². The van der Waals surface area contributed by atoms with Crippen molar-refractivity contribution in [3.63, 3.8) is 0 Å². The predicted molar refractivity (Wildman–Crippen MR) is 75.7 cm³/mol. The molecule has 3 aliphatic heterocycles. The lowest BCUT2D eigenvalue weighted by atomic mass is 9.84. The Balaban J connectivity index is 1.53. The molecule has 7 nitrogen and oxygen atoms in total. The van der Waals surface area contributed by atoms with Crippen LogP contribution in [0.15, 0.2) is 0 Å². The van der Waals surface area contributed by atoms with E-state index in [1.807, 2.05) is 0 Å². The van der Waals surface area contributed by atoms with Crippen LogP contribution < -0.4 is 0 Å². The maximum absolute atomic E-state index is 11.1. The van der Waals surface area contributed by atoms with E-state index in [9.17, 15) is 5.11 Å². The molecular formula is C15H26O7. The summed E-state index contributed by atoms with van der Waals surface area (Å²) < 4.78 is 27.0. The second-order valence-electron chi connectivity index (χ2n) is 6.31. The Kier molecular flexibility index (Phi) is 5.67. The van der Waals surface area contributed by atoms with Crippen molar-refractivity contribution in [1.29, 1.82) is 0 Å². The molecule has 22 heavy (non-hydrogen) atoms. The van der Waals surface area contributed by atoms with E-state index in [0.29, 0.717) is 52.3 Å². The second kappa shape index (κ2) is 7.53. The van der Waals surface area contributed by atoms with Crippen LogP contribution in [0, 0.1) is 0 Å². The zero-order valence-corrected chi connectivity index (χ0v) is 12.8. The molecule has 4 atom stereocenters. The number of ether oxygens (including phenoxy) is 5. The third kappa shape index (κ3) is 5.42. The van der Waals surface area contributed by atoms with Gasteiger partial charge in [-0.25, -0.2) is 0 Å². The van der Waals surface area contributed by atoms with Gasteiger partial charge in [-0.2, -0.15) is 0 Å². The van der Waals surface area contributed by atoms with Crippen LogP contribution in [0.1, 0.15) is 19.3 Å². The van der Waals surface area contributed by atoms with Crippen molar-refractivity contribution in [2.75, 3.05) is 46.2 Å². The molecule has 4 unspecified atom stereocenters. The van der Waals surface area contributed by atoms with Gasteiger partial charge in [0.1, 0.15) is 0 Å². The van der Waals surface area contributed by atoms with Gasteiger partial charge < -0.3 is 33.9 Å². The maximum Gasteiger partial charge on any atom is 0.0960 e. The van der Waals surface area contributed by atoms with Crippen LogP contribution in [0.4, 0.5) is 0 Å². The first-order valence-corrected chi connectivity index (χ1v) is 8.07. The second-order valence-corrected chi connectivity index (χ2v) is 6.31. The molecule has 3 rings (SSSR count). The lowest BCUT2D eigenvalue weighted by Gasteiger charge is -2.35. The van der Waals surface area contributed by atoms with Gasteiger partial charge in [-0.05, 0) is 0 Å². The average Bonchev–Trinajstić information content (AvgIpc) is 3.32. The van der Waals surface area contributed by atoms with Crippen molar-refractivity contribution in [3.05, 3.63) is 0 Å². The molecule has 0 aliphatic carbocycles. The predicted octanol–water partition coefficient (Wildman–Crippen LogP) is -0.522. The van der Waals surface area contributed by atoms with Crippen LogP contribution in [0.25, 0.3) is 0 Å². The fraction of sp³-hybridized carbons (Fsp3) is 1.00. The van der Waals surface area contributed by atoms with Gasteiger partial charge in [0, 0.05) is 19.3 Å². The van der Waals surface area contributed by atoms with Gasteiger partial charge in [-0.3, -0.25) is 0 Å². The number of hydrogen-bond acceptors (Lipinski definition) is 7. The van der Waals surface area contributed by atoms with Crippen LogP contribution in [-0.2, 0) is 23.7 Å². The Bertz CT molecular complexity index is 325. The molecule has 7 heteroatoms. The number of aliphatic hydroxyl groups is 2. The SMILES string of the molecule is OCCOCCOC(CC1CO1)C(O)(CC1CO1)CC1CO1. The molecule has 3 fully saturated rings. The van der Waals surface area contributed by atoms with Gasteiger partial charge in [-0.1, -0.05) is 0 Å². The molecule has 128 valence electrons. The molecule has 3 saturated heterocycles. The average molecular weight is 318 g/mol. The molecule has 0 aromatic carbocycles. The van der Waals surface area contributed by atoms with E-state index < -0.39 is 5.60 Å². The summed E-state index contributed by atoms with van der Waals surface area (Å²) in [7, 11) is 0. The highest BCUT2D eigenvalue weighted by Crippen LogP contribution is 2.37. The first-order chi connectivity index (χ1) is 10.7. The standard InChI is InChI=1S/C15H26O7/c16-1-2-18-3-4-19-14(5-11-8-20-11)15(17,6-12-9-21-12)7-13-10-22-13/h11-14,16-17H,1-10H2. The monoisotopic (exact) mass is 318 g/mol. The molecule has 3 aliphatic rings.